The van der Waals surface area contributed by atoms with Gasteiger partial charge in [0.25, 0.3) is 5.91 Å². The fourth-order valence-electron chi connectivity index (χ4n) is 6.24. The molecule has 188 valence electrons. The van der Waals surface area contributed by atoms with Crippen molar-refractivity contribution < 1.29 is 9.59 Å². The number of aromatic nitrogens is 1. The lowest BCUT2D eigenvalue weighted by Gasteiger charge is -2.38. The number of fused-ring (bicyclic) bond motifs is 3. The van der Waals surface area contributed by atoms with Crippen molar-refractivity contribution in [1.29, 1.82) is 0 Å². The van der Waals surface area contributed by atoms with E-state index in [0.29, 0.717) is 25.1 Å². The van der Waals surface area contributed by atoms with Gasteiger partial charge in [0.1, 0.15) is 6.04 Å². The number of nitrogens with zero attached hydrogens (tertiary/aromatic N) is 3. The molecule has 4 aromatic rings. The number of benzene rings is 3. The van der Waals surface area contributed by atoms with E-state index in [9.17, 15) is 9.59 Å². The zero-order chi connectivity index (χ0) is 25.7. The highest BCUT2D eigenvalue weighted by molar-refractivity contribution is 6.03. The molecule has 1 aromatic heterocycles. The van der Waals surface area contributed by atoms with Gasteiger partial charge in [-0.1, -0.05) is 74.5 Å². The lowest BCUT2D eigenvalue weighted by atomic mass is 9.94. The van der Waals surface area contributed by atoms with E-state index in [1.54, 1.807) is 0 Å². The van der Waals surface area contributed by atoms with Crippen molar-refractivity contribution in [2.45, 2.75) is 45.3 Å². The van der Waals surface area contributed by atoms with E-state index in [-0.39, 0.29) is 23.8 Å². The van der Waals surface area contributed by atoms with Gasteiger partial charge in [-0.15, -0.1) is 0 Å². The van der Waals surface area contributed by atoms with Crippen LogP contribution in [0.5, 0.6) is 0 Å². The van der Waals surface area contributed by atoms with Gasteiger partial charge in [0.15, 0.2) is 0 Å². The van der Waals surface area contributed by atoms with E-state index in [4.69, 9.17) is 0 Å². The Bertz CT molecular complexity index is 1500. The molecule has 37 heavy (non-hydrogen) atoms. The third-order valence-electron chi connectivity index (χ3n) is 7.98. The van der Waals surface area contributed by atoms with Gasteiger partial charge >= 0.3 is 0 Å². The largest absolute Gasteiger partial charge is 0.350 e. The highest BCUT2D eigenvalue weighted by Gasteiger charge is 2.46. The van der Waals surface area contributed by atoms with Crippen LogP contribution in [-0.2, 0) is 24.8 Å². The molecule has 2 amide bonds. The molecule has 0 bridgehead atoms. The predicted octanol–water partition coefficient (Wildman–Crippen LogP) is 5.72. The van der Waals surface area contributed by atoms with Crippen LogP contribution in [0.2, 0.25) is 0 Å². The Labute approximate surface area is 218 Å². The molecule has 0 radical (unpaired) electrons. The molecule has 0 saturated carbocycles. The first-order valence-electron chi connectivity index (χ1n) is 13.2. The summed E-state index contributed by atoms with van der Waals surface area (Å²) in [6, 6.07) is 23.7. The minimum atomic E-state index is -0.533. The maximum absolute atomic E-state index is 14.3. The van der Waals surface area contributed by atoms with Gasteiger partial charge < -0.3 is 14.4 Å². The summed E-state index contributed by atoms with van der Waals surface area (Å²) in [6.07, 6.45) is 3.60. The van der Waals surface area contributed by atoms with E-state index in [1.165, 1.54) is 11.1 Å². The normalized spacial score (nSPS) is 17.8. The molecule has 5 heteroatoms. The van der Waals surface area contributed by atoms with Crippen molar-refractivity contribution in [1.82, 2.24) is 14.4 Å². The molecular formula is C32H33N3O2. The first-order valence-corrected chi connectivity index (χ1v) is 13.2. The van der Waals surface area contributed by atoms with E-state index >= 15 is 0 Å². The van der Waals surface area contributed by atoms with Crippen LogP contribution in [0.1, 0.15) is 58.9 Å². The van der Waals surface area contributed by atoms with Crippen molar-refractivity contribution in [3.05, 3.63) is 107 Å². The maximum Gasteiger partial charge on any atom is 0.255 e. The number of amides is 2. The van der Waals surface area contributed by atoms with E-state index in [1.807, 2.05) is 59.3 Å². The highest BCUT2D eigenvalue weighted by Crippen LogP contribution is 2.44. The summed E-state index contributed by atoms with van der Waals surface area (Å²) in [4.78, 5) is 32.2. The molecule has 0 fully saturated rings. The number of aryl methyl sites for hydroxylation is 1. The number of carbonyl (C=O) groups excluding carboxylic acids is 2. The SMILES string of the molecule is CC(C)CC(C(=O)N1CCc2ccccc2C1)N1C(=O)c2ccccc2C1c1cn(C)c2ccccc12. The van der Waals surface area contributed by atoms with Crippen LogP contribution in [-0.4, -0.2) is 38.8 Å². The molecule has 0 spiro atoms. The van der Waals surface area contributed by atoms with Crippen molar-refractivity contribution in [3.8, 4) is 0 Å². The molecule has 6 rings (SSSR count). The standard InChI is InChI=1S/C32H33N3O2/c1-21(2)18-29(32(37)34-17-16-22-10-4-5-11-23(22)19-34)35-30(25-13-6-7-14-26(25)31(35)36)27-20-33(3)28-15-9-8-12-24(27)28/h4-15,20-21,29-30H,16-19H2,1-3H3. The minimum absolute atomic E-state index is 0.0506. The predicted molar refractivity (Wildman–Crippen MR) is 146 cm³/mol. The molecule has 0 aliphatic carbocycles. The van der Waals surface area contributed by atoms with Crippen LogP contribution < -0.4 is 0 Å². The topological polar surface area (TPSA) is 45.6 Å². The Morgan fingerprint density at radius 3 is 2.43 bits per heavy atom. The Kier molecular flexibility index (Phi) is 5.86. The number of carbonyl (C=O) groups is 2. The first kappa shape index (κ1) is 23.5. The molecule has 0 saturated heterocycles. The monoisotopic (exact) mass is 491 g/mol. The van der Waals surface area contributed by atoms with Gasteiger partial charge in [0, 0.05) is 48.4 Å². The second-order valence-corrected chi connectivity index (χ2v) is 10.8. The second kappa shape index (κ2) is 9.22. The highest BCUT2D eigenvalue weighted by atomic mass is 16.2. The molecule has 0 N–H and O–H groups in total. The van der Waals surface area contributed by atoms with E-state index < -0.39 is 6.04 Å². The summed E-state index contributed by atoms with van der Waals surface area (Å²) in [6.45, 7) is 5.54. The smallest absolute Gasteiger partial charge is 0.255 e. The number of para-hydroxylation sites is 1. The molecule has 3 aromatic carbocycles. The second-order valence-electron chi connectivity index (χ2n) is 10.8. The average Bonchev–Trinajstić information content (AvgIpc) is 3.40. The molecule has 2 unspecified atom stereocenters. The zero-order valence-electron chi connectivity index (χ0n) is 21.7. The van der Waals surface area contributed by atoms with Gasteiger partial charge in [0.05, 0.1) is 6.04 Å². The summed E-state index contributed by atoms with van der Waals surface area (Å²) in [7, 11) is 2.04. The van der Waals surface area contributed by atoms with Gasteiger partial charge in [-0.25, -0.2) is 0 Å². The van der Waals surface area contributed by atoms with Gasteiger partial charge in [-0.3, -0.25) is 9.59 Å². The molecule has 5 nitrogen and oxygen atoms in total. The Balaban J connectivity index is 1.46. The summed E-state index contributed by atoms with van der Waals surface area (Å²) in [5.74, 6) is 0.259. The Morgan fingerprint density at radius 2 is 1.62 bits per heavy atom. The molecule has 3 heterocycles. The average molecular weight is 492 g/mol. The lowest BCUT2D eigenvalue weighted by molar-refractivity contribution is -0.138. The maximum atomic E-state index is 14.3. The lowest BCUT2D eigenvalue weighted by Crippen LogP contribution is -2.51. The number of hydrogen-bond acceptors (Lipinski definition) is 2. The van der Waals surface area contributed by atoms with Crippen LogP contribution >= 0.6 is 0 Å². The molecule has 2 aliphatic heterocycles. The fraction of sp³-hybridized carbons (Fsp3) is 0.312. The van der Waals surface area contributed by atoms with Crippen LogP contribution in [0, 0.1) is 5.92 Å². The van der Waals surface area contributed by atoms with Crippen molar-refractivity contribution in [3.63, 3.8) is 0 Å². The zero-order valence-corrected chi connectivity index (χ0v) is 21.7. The van der Waals surface area contributed by atoms with E-state index in [2.05, 4.69) is 54.9 Å². The molecule has 2 aliphatic rings. The van der Waals surface area contributed by atoms with Gasteiger partial charge in [-0.2, -0.15) is 0 Å². The number of hydrogen-bond donors (Lipinski definition) is 0. The van der Waals surface area contributed by atoms with Crippen LogP contribution in [0.3, 0.4) is 0 Å². The van der Waals surface area contributed by atoms with Crippen LogP contribution in [0.25, 0.3) is 10.9 Å². The third kappa shape index (κ3) is 3.93. The summed E-state index contributed by atoms with van der Waals surface area (Å²) < 4.78 is 2.12. The molecular weight excluding hydrogens is 458 g/mol. The first-order chi connectivity index (χ1) is 17.9. The quantitative estimate of drug-likeness (QED) is 0.358. The third-order valence-corrected chi connectivity index (χ3v) is 7.98. The molecule has 2 atom stereocenters. The van der Waals surface area contributed by atoms with E-state index in [0.717, 1.165) is 28.5 Å². The summed E-state index contributed by atoms with van der Waals surface area (Å²) >= 11 is 0. The summed E-state index contributed by atoms with van der Waals surface area (Å²) in [5.41, 5.74) is 6.38. The van der Waals surface area contributed by atoms with Crippen molar-refractivity contribution in [2.24, 2.45) is 13.0 Å². The van der Waals surface area contributed by atoms with Gasteiger partial charge in [0.2, 0.25) is 5.91 Å². The number of rotatable bonds is 5. The Hall–Kier alpha value is -3.86. The minimum Gasteiger partial charge on any atom is -0.350 e. The fourth-order valence-corrected chi connectivity index (χ4v) is 6.24. The van der Waals surface area contributed by atoms with Crippen LogP contribution in [0.4, 0.5) is 0 Å². The summed E-state index contributed by atoms with van der Waals surface area (Å²) in [5, 5.41) is 1.12. The Morgan fingerprint density at radius 1 is 0.919 bits per heavy atom. The van der Waals surface area contributed by atoms with Gasteiger partial charge in [-0.05, 0) is 47.6 Å². The van der Waals surface area contributed by atoms with Crippen LogP contribution in [0.15, 0.2) is 79.0 Å². The van der Waals surface area contributed by atoms with Crippen molar-refractivity contribution in [2.75, 3.05) is 6.54 Å². The van der Waals surface area contributed by atoms with Crippen molar-refractivity contribution >= 4 is 22.7 Å².